The Morgan fingerprint density at radius 1 is 0.750 bits per heavy atom. The number of sulfonamides is 1. The van der Waals surface area contributed by atoms with Crippen molar-refractivity contribution in [1.82, 2.24) is 0 Å². The van der Waals surface area contributed by atoms with Crippen LogP contribution in [0, 0.1) is 0 Å². The van der Waals surface area contributed by atoms with Crippen molar-refractivity contribution in [3.8, 4) is 23.0 Å². The average molecular weight is 456 g/mol. The van der Waals surface area contributed by atoms with E-state index in [1.54, 1.807) is 45.6 Å². The molecule has 168 valence electrons. The highest BCUT2D eigenvalue weighted by Gasteiger charge is 2.16. The molecule has 32 heavy (non-hydrogen) atoms. The topological polar surface area (TPSA) is 83.1 Å². The predicted molar refractivity (Wildman–Crippen MR) is 125 cm³/mol. The van der Waals surface area contributed by atoms with Gasteiger partial charge in [0.2, 0.25) is 5.75 Å². The molecule has 0 amide bonds. The molecule has 0 aliphatic rings. The van der Waals surface area contributed by atoms with Crippen molar-refractivity contribution in [2.75, 3.05) is 33.2 Å². The summed E-state index contributed by atoms with van der Waals surface area (Å²) < 4.78 is 49.5. The average Bonchev–Trinajstić information content (AvgIpc) is 2.82. The number of hydrogen-bond acceptors (Lipinski definition) is 6. The maximum Gasteiger partial charge on any atom is 0.261 e. The smallest absolute Gasteiger partial charge is 0.261 e. The van der Waals surface area contributed by atoms with Gasteiger partial charge in [-0.15, -0.1) is 0 Å². The fraction of sp³-hybridized carbons (Fsp3) is 0.167. The summed E-state index contributed by atoms with van der Waals surface area (Å²) >= 11 is 0. The lowest BCUT2D eigenvalue weighted by atomic mass is 10.1. The Morgan fingerprint density at radius 3 is 1.94 bits per heavy atom. The SMILES string of the molecule is COc1ccc(S(=O)(=O)Nc2ccccc2C=Cc2cc(OC)c(OC)c(OC)c2)cc1. The lowest BCUT2D eigenvalue weighted by molar-refractivity contribution is 0.324. The van der Waals surface area contributed by atoms with Crippen LogP contribution in [0.25, 0.3) is 12.2 Å². The fourth-order valence-corrected chi connectivity index (χ4v) is 4.17. The number of methoxy groups -OCH3 is 4. The minimum Gasteiger partial charge on any atom is -0.497 e. The zero-order valence-corrected chi connectivity index (χ0v) is 19.1. The van der Waals surface area contributed by atoms with Gasteiger partial charge in [-0.3, -0.25) is 4.72 Å². The highest BCUT2D eigenvalue weighted by atomic mass is 32.2. The first-order valence-electron chi connectivity index (χ1n) is 9.66. The van der Waals surface area contributed by atoms with Crippen LogP contribution in [0.3, 0.4) is 0 Å². The second-order valence-electron chi connectivity index (χ2n) is 6.66. The van der Waals surface area contributed by atoms with Crippen LogP contribution >= 0.6 is 0 Å². The fourth-order valence-electron chi connectivity index (χ4n) is 3.08. The Kier molecular flexibility index (Phi) is 7.27. The molecule has 0 aliphatic heterocycles. The van der Waals surface area contributed by atoms with Gasteiger partial charge < -0.3 is 18.9 Å². The highest BCUT2D eigenvalue weighted by molar-refractivity contribution is 7.92. The van der Waals surface area contributed by atoms with Crippen LogP contribution in [0.1, 0.15) is 11.1 Å². The Balaban J connectivity index is 1.91. The lowest BCUT2D eigenvalue weighted by Gasteiger charge is -2.13. The van der Waals surface area contributed by atoms with Gasteiger partial charge in [-0.2, -0.15) is 0 Å². The third-order valence-electron chi connectivity index (χ3n) is 4.72. The van der Waals surface area contributed by atoms with Crippen LogP contribution in [-0.2, 0) is 10.0 Å². The molecule has 0 heterocycles. The highest BCUT2D eigenvalue weighted by Crippen LogP contribution is 2.38. The van der Waals surface area contributed by atoms with E-state index in [0.29, 0.717) is 34.2 Å². The van der Waals surface area contributed by atoms with Gasteiger partial charge in [0.05, 0.1) is 39.0 Å². The molecule has 3 aromatic carbocycles. The molecule has 0 saturated carbocycles. The van der Waals surface area contributed by atoms with E-state index in [4.69, 9.17) is 18.9 Å². The molecule has 0 aliphatic carbocycles. The third-order valence-corrected chi connectivity index (χ3v) is 6.10. The molecule has 0 atom stereocenters. The van der Waals surface area contributed by atoms with Crippen molar-refractivity contribution in [3.63, 3.8) is 0 Å². The minimum atomic E-state index is -3.77. The molecule has 0 fully saturated rings. The first-order chi connectivity index (χ1) is 15.4. The van der Waals surface area contributed by atoms with Gasteiger partial charge in [-0.25, -0.2) is 8.42 Å². The molecule has 8 heteroatoms. The summed E-state index contributed by atoms with van der Waals surface area (Å²) in [5.74, 6) is 2.14. The summed E-state index contributed by atoms with van der Waals surface area (Å²) in [6.07, 6.45) is 3.65. The molecule has 0 spiro atoms. The number of rotatable bonds is 9. The molecular formula is C24H25NO6S. The third kappa shape index (κ3) is 5.15. The first-order valence-corrected chi connectivity index (χ1v) is 11.1. The molecule has 0 saturated heterocycles. The van der Waals surface area contributed by atoms with Crippen LogP contribution in [0.5, 0.6) is 23.0 Å². The van der Waals surface area contributed by atoms with E-state index in [1.165, 1.54) is 19.2 Å². The largest absolute Gasteiger partial charge is 0.497 e. The molecule has 1 N–H and O–H groups in total. The Labute approximate surface area is 188 Å². The maximum atomic E-state index is 12.8. The molecule has 3 rings (SSSR count). The number of nitrogens with one attached hydrogen (secondary N) is 1. The number of para-hydroxylation sites is 1. The summed E-state index contributed by atoms with van der Waals surface area (Å²) in [4.78, 5) is 0.140. The van der Waals surface area contributed by atoms with Crippen molar-refractivity contribution >= 4 is 27.9 Å². The van der Waals surface area contributed by atoms with Crippen molar-refractivity contribution < 1.29 is 27.4 Å². The monoisotopic (exact) mass is 455 g/mol. The quantitative estimate of drug-likeness (QED) is 0.471. The van der Waals surface area contributed by atoms with Gasteiger partial charge in [-0.1, -0.05) is 30.4 Å². The van der Waals surface area contributed by atoms with E-state index in [1.807, 2.05) is 36.4 Å². The number of hydrogen-bond donors (Lipinski definition) is 1. The molecule has 0 aromatic heterocycles. The molecule has 0 unspecified atom stereocenters. The Bertz CT molecular complexity index is 1180. The summed E-state index contributed by atoms with van der Waals surface area (Å²) in [6, 6.07) is 16.9. The Hall–Kier alpha value is -3.65. The van der Waals surface area contributed by atoms with E-state index in [0.717, 1.165) is 5.56 Å². The zero-order valence-electron chi connectivity index (χ0n) is 18.3. The van der Waals surface area contributed by atoms with E-state index in [-0.39, 0.29) is 4.90 Å². The van der Waals surface area contributed by atoms with Crippen molar-refractivity contribution in [2.24, 2.45) is 0 Å². The second-order valence-corrected chi connectivity index (χ2v) is 8.34. The molecule has 0 bridgehead atoms. The summed E-state index contributed by atoms with van der Waals surface area (Å²) in [5.41, 5.74) is 1.94. The van der Waals surface area contributed by atoms with Gasteiger partial charge in [0, 0.05) is 0 Å². The van der Waals surface area contributed by atoms with Crippen LogP contribution < -0.4 is 23.7 Å². The molecular weight excluding hydrogens is 430 g/mol. The van der Waals surface area contributed by atoms with Crippen molar-refractivity contribution in [2.45, 2.75) is 4.90 Å². The van der Waals surface area contributed by atoms with Crippen LogP contribution in [0.4, 0.5) is 5.69 Å². The van der Waals surface area contributed by atoms with E-state index in [9.17, 15) is 8.42 Å². The normalized spacial score (nSPS) is 11.2. The minimum absolute atomic E-state index is 0.140. The molecule has 3 aromatic rings. The number of ether oxygens (including phenoxy) is 4. The van der Waals surface area contributed by atoms with E-state index < -0.39 is 10.0 Å². The maximum absolute atomic E-state index is 12.8. The standard InChI is InChI=1S/C24H25NO6S/c1-28-19-11-13-20(14-12-19)32(26,27)25-21-8-6-5-7-18(21)10-9-17-15-22(29-2)24(31-4)23(16-17)30-3/h5-16,25H,1-4H3. The predicted octanol–water partition coefficient (Wildman–Crippen LogP) is 4.69. The van der Waals surface area contributed by atoms with Crippen LogP contribution in [-0.4, -0.2) is 36.9 Å². The van der Waals surface area contributed by atoms with Gasteiger partial charge in [0.15, 0.2) is 11.5 Å². The van der Waals surface area contributed by atoms with Gasteiger partial charge in [-0.05, 0) is 53.6 Å². The lowest BCUT2D eigenvalue weighted by Crippen LogP contribution is -2.13. The van der Waals surface area contributed by atoms with Gasteiger partial charge >= 0.3 is 0 Å². The van der Waals surface area contributed by atoms with E-state index >= 15 is 0 Å². The summed E-state index contributed by atoms with van der Waals surface area (Å²) in [5, 5.41) is 0. The Morgan fingerprint density at radius 2 is 1.38 bits per heavy atom. The number of anilines is 1. The van der Waals surface area contributed by atoms with Gasteiger partial charge in [0.1, 0.15) is 5.75 Å². The molecule has 7 nitrogen and oxygen atoms in total. The van der Waals surface area contributed by atoms with Crippen molar-refractivity contribution in [3.05, 3.63) is 71.8 Å². The molecule has 0 radical (unpaired) electrons. The summed E-state index contributed by atoms with van der Waals surface area (Å²) in [7, 11) is 2.40. The zero-order chi connectivity index (χ0) is 23.1. The summed E-state index contributed by atoms with van der Waals surface area (Å²) in [6.45, 7) is 0. The van der Waals surface area contributed by atoms with Crippen LogP contribution in [0.15, 0.2) is 65.6 Å². The second kappa shape index (κ2) is 10.1. The van der Waals surface area contributed by atoms with Crippen LogP contribution in [0.2, 0.25) is 0 Å². The number of benzene rings is 3. The first kappa shape index (κ1) is 23.0. The van der Waals surface area contributed by atoms with E-state index in [2.05, 4.69) is 4.72 Å². The van der Waals surface area contributed by atoms with Crippen molar-refractivity contribution in [1.29, 1.82) is 0 Å². The van der Waals surface area contributed by atoms with Gasteiger partial charge in [0.25, 0.3) is 10.0 Å².